The Bertz CT molecular complexity index is 441. The van der Waals surface area contributed by atoms with Gasteiger partial charge in [0.1, 0.15) is 5.69 Å². The Morgan fingerprint density at radius 3 is 2.44 bits per heavy atom. The van der Waals surface area contributed by atoms with Crippen molar-refractivity contribution >= 4 is 27.7 Å². The predicted octanol–water partition coefficient (Wildman–Crippen LogP) is 1.29. The molecule has 18 heavy (non-hydrogen) atoms. The third kappa shape index (κ3) is 4.18. The molecule has 0 saturated carbocycles. The van der Waals surface area contributed by atoms with Crippen LogP contribution >= 0.6 is 15.9 Å². The van der Waals surface area contributed by atoms with Gasteiger partial charge in [0.05, 0.1) is 0 Å². The minimum atomic E-state index is -0.151. The molecule has 0 aliphatic heterocycles. The van der Waals surface area contributed by atoms with Gasteiger partial charge in [0.15, 0.2) is 0 Å². The zero-order valence-electron chi connectivity index (χ0n) is 10.8. The molecule has 0 aliphatic carbocycles. The van der Waals surface area contributed by atoms with Gasteiger partial charge >= 0.3 is 0 Å². The maximum absolute atomic E-state index is 11.8. The van der Waals surface area contributed by atoms with E-state index in [4.69, 9.17) is 0 Å². The number of aromatic nitrogens is 1. The standard InChI is InChI=1S/C12H18BrN3O2/c1-8(2)11(17)14-4-5-15-12(18)10-6-9(13)7-16(10)3/h6-8H,4-5H2,1-3H3,(H,14,17)(H,15,18). The van der Waals surface area contributed by atoms with Gasteiger partial charge in [0.25, 0.3) is 5.91 Å². The maximum Gasteiger partial charge on any atom is 0.267 e. The number of hydrogen-bond acceptors (Lipinski definition) is 2. The summed E-state index contributed by atoms with van der Waals surface area (Å²) in [4.78, 5) is 23.1. The van der Waals surface area contributed by atoms with Crippen LogP contribution in [-0.2, 0) is 11.8 Å². The van der Waals surface area contributed by atoms with Gasteiger partial charge < -0.3 is 15.2 Å². The van der Waals surface area contributed by atoms with E-state index < -0.39 is 0 Å². The molecule has 0 atom stereocenters. The molecule has 6 heteroatoms. The SMILES string of the molecule is CC(C)C(=O)NCCNC(=O)c1cc(Br)cn1C. The fourth-order valence-electron chi connectivity index (χ4n) is 1.41. The van der Waals surface area contributed by atoms with Crippen molar-refractivity contribution < 1.29 is 9.59 Å². The third-order valence-corrected chi connectivity index (χ3v) is 2.87. The van der Waals surface area contributed by atoms with Crippen LogP contribution in [-0.4, -0.2) is 29.5 Å². The molecular formula is C12H18BrN3O2. The van der Waals surface area contributed by atoms with E-state index in [1.54, 1.807) is 17.7 Å². The zero-order chi connectivity index (χ0) is 13.7. The van der Waals surface area contributed by atoms with Gasteiger partial charge in [-0.3, -0.25) is 9.59 Å². The van der Waals surface area contributed by atoms with E-state index in [9.17, 15) is 9.59 Å². The van der Waals surface area contributed by atoms with Gasteiger partial charge in [-0.2, -0.15) is 0 Å². The van der Waals surface area contributed by atoms with E-state index in [1.807, 2.05) is 20.0 Å². The number of aryl methyl sites for hydroxylation is 1. The number of carbonyl (C=O) groups excluding carboxylic acids is 2. The summed E-state index contributed by atoms with van der Waals surface area (Å²) in [5.74, 6) is -0.197. The first-order valence-electron chi connectivity index (χ1n) is 5.79. The van der Waals surface area contributed by atoms with E-state index in [1.165, 1.54) is 0 Å². The van der Waals surface area contributed by atoms with Gasteiger partial charge in [-0.1, -0.05) is 13.8 Å². The van der Waals surface area contributed by atoms with Crippen molar-refractivity contribution in [1.29, 1.82) is 0 Å². The Kier molecular flexibility index (Phi) is 5.40. The number of nitrogens with zero attached hydrogens (tertiary/aromatic N) is 1. The monoisotopic (exact) mass is 315 g/mol. The number of rotatable bonds is 5. The van der Waals surface area contributed by atoms with Gasteiger partial charge in [0, 0.05) is 36.7 Å². The Morgan fingerprint density at radius 1 is 1.33 bits per heavy atom. The first kappa shape index (κ1) is 14.8. The van der Waals surface area contributed by atoms with Gasteiger partial charge in [0.2, 0.25) is 5.91 Å². The van der Waals surface area contributed by atoms with E-state index in [2.05, 4.69) is 26.6 Å². The van der Waals surface area contributed by atoms with Crippen molar-refractivity contribution in [2.24, 2.45) is 13.0 Å². The number of nitrogens with one attached hydrogen (secondary N) is 2. The van der Waals surface area contributed by atoms with Crippen molar-refractivity contribution in [3.63, 3.8) is 0 Å². The lowest BCUT2D eigenvalue weighted by atomic mass is 10.2. The number of carbonyl (C=O) groups is 2. The van der Waals surface area contributed by atoms with Crippen LogP contribution in [0.25, 0.3) is 0 Å². The number of halogens is 1. The molecule has 0 bridgehead atoms. The van der Waals surface area contributed by atoms with E-state index in [-0.39, 0.29) is 17.7 Å². The molecular weight excluding hydrogens is 298 g/mol. The average Bonchev–Trinajstić information content (AvgIpc) is 2.63. The van der Waals surface area contributed by atoms with Crippen LogP contribution in [0, 0.1) is 5.92 Å². The molecule has 2 amide bonds. The van der Waals surface area contributed by atoms with E-state index in [0.717, 1.165) is 4.47 Å². The molecule has 0 radical (unpaired) electrons. The Hall–Kier alpha value is -1.30. The molecule has 0 fully saturated rings. The van der Waals surface area contributed by atoms with Crippen molar-refractivity contribution in [3.8, 4) is 0 Å². The first-order valence-corrected chi connectivity index (χ1v) is 6.59. The molecule has 1 aromatic rings. The molecule has 0 saturated heterocycles. The summed E-state index contributed by atoms with van der Waals surface area (Å²) in [6.07, 6.45) is 1.81. The lowest BCUT2D eigenvalue weighted by Crippen LogP contribution is -2.36. The highest BCUT2D eigenvalue weighted by atomic mass is 79.9. The fraction of sp³-hybridized carbons (Fsp3) is 0.500. The summed E-state index contributed by atoms with van der Waals surface area (Å²) in [7, 11) is 1.81. The maximum atomic E-state index is 11.8. The minimum absolute atomic E-state index is 0.00846. The summed E-state index contributed by atoms with van der Waals surface area (Å²) in [5.41, 5.74) is 0.581. The highest BCUT2D eigenvalue weighted by molar-refractivity contribution is 9.10. The molecule has 1 aromatic heterocycles. The Balaban J connectivity index is 2.34. The first-order chi connectivity index (χ1) is 8.41. The second-order valence-electron chi connectivity index (χ2n) is 4.36. The van der Waals surface area contributed by atoms with Crippen molar-refractivity contribution in [2.75, 3.05) is 13.1 Å². The summed E-state index contributed by atoms with van der Waals surface area (Å²) in [5, 5.41) is 5.49. The summed E-state index contributed by atoms with van der Waals surface area (Å²) in [6.45, 7) is 4.51. The zero-order valence-corrected chi connectivity index (χ0v) is 12.4. The van der Waals surface area contributed by atoms with Crippen LogP contribution in [0.1, 0.15) is 24.3 Å². The van der Waals surface area contributed by atoms with Crippen LogP contribution in [0.15, 0.2) is 16.7 Å². The van der Waals surface area contributed by atoms with Crippen molar-refractivity contribution in [1.82, 2.24) is 15.2 Å². The molecule has 100 valence electrons. The van der Waals surface area contributed by atoms with Crippen LogP contribution in [0.5, 0.6) is 0 Å². The van der Waals surface area contributed by atoms with Crippen LogP contribution < -0.4 is 10.6 Å². The second-order valence-corrected chi connectivity index (χ2v) is 5.27. The quantitative estimate of drug-likeness (QED) is 0.804. The highest BCUT2D eigenvalue weighted by Gasteiger charge is 2.10. The lowest BCUT2D eigenvalue weighted by molar-refractivity contribution is -0.123. The molecule has 0 unspecified atom stereocenters. The number of hydrogen-bond donors (Lipinski definition) is 2. The number of amides is 2. The van der Waals surface area contributed by atoms with Gasteiger partial charge in [-0.15, -0.1) is 0 Å². The highest BCUT2D eigenvalue weighted by Crippen LogP contribution is 2.13. The molecule has 1 heterocycles. The van der Waals surface area contributed by atoms with Crippen LogP contribution in [0.4, 0.5) is 0 Å². The van der Waals surface area contributed by atoms with Crippen molar-refractivity contribution in [3.05, 3.63) is 22.4 Å². The topological polar surface area (TPSA) is 63.1 Å². The smallest absolute Gasteiger partial charge is 0.267 e. The summed E-state index contributed by atoms with van der Waals surface area (Å²) < 4.78 is 2.61. The molecule has 1 rings (SSSR count). The summed E-state index contributed by atoms with van der Waals surface area (Å²) in [6, 6.07) is 1.75. The van der Waals surface area contributed by atoms with Crippen molar-refractivity contribution in [2.45, 2.75) is 13.8 Å². The lowest BCUT2D eigenvalue weighted by Gasteiger charge is -2.09. The van der Waals surface area contributed by atoms with E-state index in [0.29, 0.717) is 18.8 Å². The minimum Gasteiger partial charge on any atom is -0.354 e. The van der Waals surface area contributed by atoms with E-state index >= 15 is 0 Å². The Morgan fingerprint density at radius 2 is 1.94 bits per heavy atom. The van der Waals surface area contributed by atoms with Crippen LogP contribution in [0.2, 0.25) is 0 Å². The molecule has 5 nitrogen and oxygen atoms in total. The molecule has 0 aromatic carbocycles. The molecule has 0 spiro atoms. The molecule has 2 N–H and O–H groups in total. The molecule has 0 aliphatic rings. The predicted molar refractivity (Wildman–Crippen MR) is 73.3 cm³/mol. The second kappa shape index (κ2) is 6.58. The van der Waals surface area contributed by atoms with Gasteiger partial charge in [-0.25, -0.2) is 0 Å². The largest absolute Gasteiger partial charge is 0.354 e. The fourth-order valence-corrected chi connectivity index (χ4v) is 1.93. The normalized spacial score (nSPS) is 10.5. The van der Waals surface area contributed by atoms with Gasteiger partial charge in [-0.05, 0) is 22.0 Å². The third-order valence-electron chi connectivity index (χ3n) is 2.44. The van der Waals surface area contributed by atoms with Crippen LogP contribution in [0.3, 0.4) is 0 Å². The summed E-state index contributed by atoms with van der Waals surface area (Å²) >= 11 is 3.31. The average molecular weight is 316 g/mol. The Labute approximate surface area is 115 Å².